The van der Waals surface area contributed by atoms with Crippen LogP contribution in [0.15, 0.2) is 30.3 Å². The Hall–Kier alpha value is -0.860. The minimum atomic E-state index is 0.181. The Kier molecular flexibility index (Phi) is 4.79. The zero-order chi connectivity index (χ0) is 13.0. The summed E-state index contributed by atoms with van der Waals surface area (Å²) in [5.74, 6) is 0. The molecule has 1 heterocycles. The number of hydrogen-bond acceptors (Lipinski definition) is 2. The molecule has 1 aromatic carbocycles. The zero-order valence-electron chi connectivity index (χ0n) is 11.7. The van der Waals surface area contributed by atoms with Gasteiger partial charge in [0.25, 0.3) is 0 Å². The highest BCUT2D eigenvalue weighted by atomic mass is 16.5. The van der Waals surface area contributed by atoms with Crippen LogP contribution in [0.25, 0.3) is 0 Å². The molecular weight excluding hydrogens is 222 g/mol. The Labute approximate surface area is 111 Å². The second kappa shape index (κ2) is 6.35. The maximum atomic E-state index is 6.27. The summed E-state index contributed by atoms with van der Waals surface area (Å²) in [5.41, 5.74) is 1.27. The second-order valence-electron chi connectivity index (χ2n) is 5.39. The van der Waals surface area contributed by atoms with Crippen LogP contribution in [0, 0.1) is 0 Å². The average Bonchev–Trinajstić information content (AvgIpc) is 2.41. The first-order valence-corrected chi connectivity index (χ1v) is 7.17. The fraction of sp³-hybridized carbons (Fsp3) is 0.625. The van der Waals surface area contributed by atoms with Gasteiger partial charge in [0, 0.05) is 12.1 Å². The zero-order valence-corrected chi connectivity index (χ0v) is 11.7. The van der Waals surface area contributed by atoms with E-state index in [1.165, 1.54) is 18.4 Å². The monoisotopic (exact) mass is 247 g/mol. The first-order chi connectivity index (χ1) is 8.70. The standard InChI is InChI=1S/C16H25NO/c1-4-15-16(11-10-12(2)17-15)18-13(3)14-8-6-5-7-9-14/h5-9,12-13,15-17H,4,10-11H2,1-3H3. The molecule has 0 aromatic heterocycles. The maximum absolute atomic E-state index is 6.27. The SMILES string of the molecule is CCC1NC(C)CCC1OC(C)c1ccccc1. The molecule has 0 spiro atoms. The number of hydrogen-bond donors (Lipinski definition) is 1. The normalized spacial score (nSPS) is 30.1. The van der Waals surface area contributed by atoms with Crippen LogP contribution in [0.4, 0.5) is 0 Å². The van der Waals surface area contributed by atoms with E-state index in [0.29, 0.717) is 18.2 Å². The summed E-state index contributed by atoms with van der Waals surface area (Å²) in [4.78, 5) is 0. The highest BCUT2D eigenvalue weighted by Crippen LogP contribution is 2.25. The fourth-order valence-corrected chi connectivity index (χ4v) is 2.78. The Morgan fingerprint density at radius 2 is 2.00 bits per heavy atom. The van der Waals surface area contributed by atoms with E-state index in [-0.39, 0.29) is 6.10 Å². The predicted molar refractivity (Wildman–Crippen MR) is 75.6 cm³/mol. The summed E-state index contributed by atoms with van der Waals surface area (Å²) >= 11 is 0. The quantitative estimate of drug-likeness (QED) is 0.876. The molecule has 4 unspecified atom stereocenters. The van der Waals surface area contributed by atoms with E-state index in [1.54, 1.807) is 0 Å². The van der Waals surface area contributed by atoms with Crippen LogP contribution in [-0.4, -0.2) is 18.2 Å². The van der Waals surface area contributed by atoms with Gasteiger partial charge in [-0.15, -0.1) is 0 Å². The largest absolute Gasteiger partial charge is 0.369 e. The smallest absolute Gasteiger partial charge is 0.0801 e. The van der Waals surface area contributed by atoms with Crippen molar-refractivity contribution >= 4 is 0 Å². The molecule has 1 aliphatic rings. The molecule has 1 aliphatic heterocycles. The van der Waals surface area contributed by atoms with Crippen molar-refractivity contribution in [3.63, 3.8) is 0 Å². The molecule has 0 amide bonds. The first kappa shape index (κ1) is 13.6. The summed E-state index contributed by atoms with van der Waals surface area (Å²) in [6, 6.07) is 11.6. The third-order valence-corrected chi connectivity index (χ3v) is 3.92. The van der Waals surface area contributed by atoms with Gasteiger partial charge >= 0.3 is 0 Å². The fourth-order valence-electron chi connectivity index (χ4n) is 2.78. The molecule has 2 nitrogen and oxygen atoms in total. The molecule has 1 N–H and O–H groups in total. The Morgan fingerprint density at radius 3 is 2.67 bits per heavy atom. The second-order valence-corrected chi connectivity index (χ2v) is 5.39. The van der Waals surface area contributed by atoms with Gasteiger partial charge in [0.15, 0.2) is 0 Å². The van der Waals surface area contributed by atoms with Crippen LogP contribution in [-0.2, 0) is 4.74 Å². The number of rotatable bonds is 4. The third kappa shape index (κ3) is 3.33. The Morgan fingerprint density at radius 1 is 1.28 bits per heavy atom. The van der Waals surface area contributed by atoms with E-state index in [4.69, 9.17) is 4.74 Å². The van der Waals surface area contributed by atoms with E-state index in [1.807, 2.05) is 0 Å². The lowest BCUT2D eigenvalue weighted by molar-refractivity contribution is -0.0444. The van der Waals surface area contributed by atoms with Crippen molar-refractivity contribution in [1.82, 2.24) is 5.32 Å². The van der Waals surface area contributed by atoms with Crippen molar-refractivity contribution < 1.29 is 4.74 Å². The van der Waals surface area contributed by atoms with E-state index < -0.39 is 0 Å². The molecule has 0 radical (unpaired) electrons. The van der Waals surface area contributed by atoms with Crippen molar-refractivity contribution in [3.05, 3.63) is 35.9 Å². The molecule has 18 heavy (non-hydrogen) atoms. The highest BCUT2D eigenvalue weighted by Gasteiger charge is 2.28. The summed E-state index contributed by atoms with van der Waals surface area (Å²) in [6.07, 6.45) is 4.05. The van der Waals surface area contributed by atoms with Gasteiger partial charge in [-0.3, -0.25) is 0 Å². The van der Waals surface area contributed by atoms with Crippen molar-refractivity contribution in [2.24, 2.45) is 0 Å². The molecule has 0 aliphatic carbocycles. The maximum Gasteiger partial charge on any atom is 0.0801 e. The van der Waals surface area contributed by atoms with Gasteiger partial charge in [-0.2, -0.15) is 0 Å². The van der Waals surface area contributed by atoms with Crippen LogP contribution in [0.1, 0.15) is 51.7 Å². The van der Waals surface area contributed by atoms with Gasteiger partial charge in [0.1, 0.15) is 0 Å². The van der Waals surface area contributed by atoms with Crippen LogP contribution in [0.2, 0.25) is 0 Å². The van der Waals surface area contributed by atoms with Gasteiger partial charge in [0.2, 0.25) is 0 Å². The van der Waals surface area contributed by atoms with Crippen LogP contribution in [0.5, 0.6) is 0 Å². The number of nitrogens with one attached hydrogen (secondary N) is 1. The molecular formula is C16H25NO. The van der Waals surface area contributed by atoms with E-state index in [2.05, 4.69) is 56.4 Å². The van der Waals surface area contributed by atoms with Crippen molar-refractivity contribution in [2.45, 2.75) is 64.3 Å². The molecule has 100 valence electrons. The summed E-state index contributed by atoms with van der Waals surface area (Å²) < 4.78 is 6.27. The number of ether oxygens (including phenoxy) is 1. The molecule has 1 aromatic rings. The topological polar surface area (TPSA) is 21.3 Å². The highest BCUT2D eigenvalue weighted by molar-refractivity contribution is 5.17. The summed E-state index contributed by atoms with van der Waals surface area (Å²) in [7, 11) is 0. The lowest BCUT2D eigenvalue weighted by Crippen LogP contribution is -2.50. The third-order valence-electron chi connectivity index (χ3n) is 3.92. The predicted octanol–water partition coefficient (Wildman–Crippen LogP) is 3.68. The molecule has 0 bridgehead atoms. The van der Waals surface area contributed by atoms with Crippen molar-refractivity contribution in [2.75, 3.05) is 0 Å². The van der Waals surface area contributed by atoms with Crippen LogP contribution in [0.3, 0.4) is 0 Å². The van der Waals surface area contributed by atoms with Gasteiger partial charge < -0.3 is 10.1 Å². The lowest BCUT2D eigenvalue weighted by Gasteiger charge is -2.37. The molecule has 4 atom stereocenters. The lowest BCUT2D eigenvalue weighted by atomic mass is 9.94. The van der Waals surface area contributed by atoms with Gasteiger partial charge in [-0.25, -0.2) is 0 Å². The number of piperidine rings is 1. The van der Waals surface area contributed by atoms with E-state index >= 15 is 0 Å². The average molecular weight is 247 g/mol. The molecule has 1 saturated heterocycles. The molecule has 2 heteroatoms. The first-order valence-electron chi connectivity index (χ1n) is 7.17. The van der Waals surface area contributed by atoms with Crippen molar-refractivity contribution in [1.29, 1.82) is 0 Å². The minimum absolute atomic E-state index is 0.181. The Bertz CT molecular complexity index is 351. The Balaban J connectivity index is 1.96. The van der Waals surface area contributed by atoms with E-state index in [0.717, 1.165) is 6.42 Å². The van der Waals surface area contributed by atoms with Crippen LogP contribution < -0.4 is 5.32 Å². The molecule has 0 saturated carbocycles. The van der Waals surface area contributed by atoms with Crippen LogP contribution >= 0.6 is 0 Å². The van der Waals surface area contributed by atoms with E-state index in [9.17, 15) is 0 Å². The van der Waals surface area contributed by atoms with Crippen molar-refractivity contribution in [3.8, 4) is 0 Å². The summed E-state index contributed by atoms with van der Waals surface area (Å²) in [6.45, 7) is 6.65. The molecule has 2 rings (SSSR count). The molecule has 1 fully saturated rings. The van der Waals surface area contributed by atoms with Gasteiger partial charge in [-0.1, -0.05) is 37.3 Å². The van der Waals surface area contributed by atoms with Gasteiger partial charge in [-0.05, 0) is 38.7 Å². The number of benzene rings is 1. The minimum Gasteiger partial charge on any atom is -0.369 e. The summed E-state index contributed by atoms with van der Waals surface area (Å²) in [5, 5.41) is 3.65. The van der Waals surface area contributed by atoms with Gasteiger partial charge in [0.05, 0.1) is 12.2 Å².